The van der Waals surface area contributed by atoms with Gasteiger partial charge in [-0.15, -0.1) is 10.2 Å². The van der Waals surface area contributed by atoms with Crippen molar-refractivity contribution in [1.29, 1.82) is 0 Å². The first-order valence-corrected chi connectivity index (χ1v) is 6.79. The van der Waals surface area contributed by atoms with Crippen LogP contribution in [-0.2, 0) is 9.53 Å². The number of nitrogens with zero attached hydrogens (tertiary/aromatic N) is 3. The number of esters is 1. The van der Waals surface area contributed by atoms with E-state index in [9.17, 15) is 9.18 Å². The summed E-state index contributed by atoms with van der Waals surface area (Å²) in [6.07, 6.45) is 1.31. The maximum atomic E-state index is 12.7. The van der Waals surface area contributed by atoms with Gasteiger partial charge in [-0.2, -0.15) is 4.39 Å². The molecule has 0 N–H and O–H groups in total. The van der Waals surface area contributed by atoms with Gasteiger partial charge >= 0.3 is 5.97 Å². The van der Waals surface area contributed by atoms with Gasteiger partial charge in [-0.25, -0.2) is 0 Å². The van der Waals surface area contributed by atoms with E-state index < -0.39 is 11.5 Å². The minimum atomic E-state index is -0.585. The molecule has 1 atom stereocenters. The second-order valence-corrected chi connectivity index (χ2v) is 6.11. The lowest BCUT2D eigenvalue weighted by molar-refractivity contribution is -0.155. The van der Waals surface area contributed by atoms with Crippen LogP contribution in [0.4, 0.5) is 10.2 Å². The topological polar surface area (TPSA) is 55.3 Å². The van der Waals surface area contributed by atoms with Gasteiger partial charge in [0.05, 0.1) is 6.42 Å². The van der Waals surface area contributed by atoms with E-state index in [0.29, 0.717) is 12.2 Å². The lowest BCUT2D eigenvalue weighted by Gasteiger charge is -2.21. The van der Waals surface area contributed by atoms with Gasteiger partial charge in [0.2, 0.25) is 5.95 Å². The van der Waals surface area contributed by atoms with E-state index in [1.54, 1.807) is 6.07 Å². The van der Waals surface area contributed by atoms with Crippen molar-refractivity contribution in [3.8, 4) is 0 Å². The van der Waals surface area contributed by atoms with Crippen molar-refractivity contribution >= 4 is 11.8 Å². The Bertz CT molecular complexity index is 470. The molecule has 110 valence electrons. The van der Waals surface area contributed by atoms with Crippen molar-refractivity contribution in [3.63, 3.8) is 0 Å². The summed E-state index contributed by atoms with van der Waals surface area (Å²) in [5.41, 5.74) is -0.447. The van der Waals surface area contributed by atoms with E-state index in [-0.39, 0.29) is 11.9 Å². The molecule has 1 saturated heterocycles. The highest BCUT2D eigenvalue weighted by molar-refractivity contribution is 5.70. The average Bonchev–Trinajstić information content (AvgIpc) is 2.75. The Balaban J connectivity index is 1.86. The molecule has 0 spiro atoms. The zero-order chi connectivity index (χ0) is 14.8. The number of carbonyl (C=O) groups is 1. The van der Waals surface area contributed by atoms with Gasteiger partial charge < -0.3 is 9.64 Å². The Morgan fingerprint density at radius 1 is 1.45 bits per heavy atom. The summed E-state index contributed by atoms with van der Waals surface area (Å²) in [5, 5.41) is 7.23. The average molecular weight is 281 g/mol. The molecular formula is C14H20FN3O2. The van der Waals surface area contributed by atoms with Crippen molar-refractivity contribution in [2.75, 3.05) is 18.0 Å². The Morgan fingerprint density at radius 2 is 2.20 bits per heavy atom. The van der Waals surface area contributed by atoms with Crippen LogP contribution in [0, 0.1) is 11.9 Å². The van der Waals surface area contributed by atoms with E-state index in [0.717, 1.165) is 19.5 Å². The van der Waals surface area contributed by atoms with Crippen LogP contribution >= 0.6 is 0 Å². The SMILES string of the molecule is CC(C)(C)OC(=O)C[C@@H]1CCN(c2ccc(F)nn2)C1. The van der Waals surface area contributed by atoms with Gasteiger partial charge in [0.15, 0.2) is 5.82 Å². The summed E-state index contributed by atoms with van der Waals surface area (Å²) in [4.78, 5) is 13.8. The molecule has 0 amide bonds. The second-order valence-electron chi connectivity index (χ2n) is 6.11. The molecule has 1 fully saturated rings. The number of hydrogen-bond acceptors (Lipinski definition) is 5. The molecule has 2 rings (SSSR count). The van der Waals surface area contributed by atoms with Gasteiger partial charge in [0.1, 0.15) is 5.60 Å². The maximum Gasteiger partial charge on any atom is 0.306 e. The molecule has 0 bridgehead atoms. The first kappa shape index (κ1) is 14.7. The number of rotatable bonds is 3. The van der Waals surface area contributed by atoms with Gasteiger partial charge in [-0.1, -0.05) is 0 Å². The Labute approximate surface area is 118 Å². The van der Waals surface area contributed by atoms with E-state index >= 15 is 0 Å². The molecule has 1 aromatic heterocycles. The first-order chi connectivity index (χ1) is 9.33. The molecule has 5 nitrogen and oxygen atoms in total. The predicted molar refractivity (Wildman–Crippen MR) is 72.8 cm³/mol. The van der Waals surface area contributed by atoms with Crippen molar-refractivity contribution in [3.05, 3.63) is 18.1 Å². The quantitative estimate of drug-likeness (QED) is 0.795. The maximum absolute atomic E-state index is 12.7. The molecule has 1 aromatic rings. The normalized spacial score (nSPS) is 19.2. The lowest BCUT2D eigenvalue weighted by Crippen LogP contribution is -2.26. The van der Waals surface area contributed by atoms with Crippen molar-refractivity contribution in [2.24, 2.45) is 5.92 Å². The number of halogens is 1. The molecule has 0 aliphatic carbocycles. The van der Waals surface area contributed by atoms with E-state index in [4.69, 9.17) is 4.74 Å². The van der Waals surface area contributed by atoms with Crippen LogP contribution in [-0.4, -0.2) is 34.9 Å². The summed E-state index contributed by atoms with van der Waals surface area (Å²) in [6, 6.07) is 2.90. The highest BCUT2D eigenvalue weighted by Crippen LogP contribution is 2.25. The Hall–Kier alpha value is -1.72. The standard InChI is InChI=1S/C14H20FN3O2/c1-14(2,3)20-13(19)8-10-6-7-18(9-10)12-5-4-11(15)16-17-12/h4-5,10H,6-9H2,1-3H3/t10-/m0/s1. The fourth-order valence-corrected chi connectivity index (χ4v) is 2.30. The summed E-state index contributed by atoms with van der Waals surface area (Å²) >= 11 is 0. The van der Waals surface area contributed by atoms with Crippen LogP contribution in [0.3, 0.4) is 0 Å². The summed E-state index contributed by atoms with van der Waals surface area (Å²) in [6.45, 7) is 7.10. The van der Waals surface area contributed by atoms with Gasteiger partial charge in [0, 0.05) is 13.1 Å². The van der Waals surface area contributed by atoms with Crippen LogP contribution in [0.1, 0.15) is 33.6 Å². The minimum absolute atomic E-state index is 0.172. The monoisotopic (exact) mass is 281 g/mol. The molecule has 1 aliphatic rings. The molecule has 6 heteroatoms. The van der Waals surface area contributed by atoms with Crippen LogP contribution < -0.4 is 4.90 Å². The number of aromatic nitrogens is 2. The number of ether oxygens (including phenoxy) is 1. The van der Waals surface area contributed by atoms with Gasteiger partial charge in [0.25, 0.3) is 0 Å². The fraction of sp³-hybridized carbons (Fsp3) is 0.643. The highest BCUT2D eigenvalue weighted by atomic mass is 19.1. The smallest absolute Gasteiger partial charge is 0.306 e. The van der Waals surface area contributed by atoms with Crippen LogP contribution in [0.5, 0.6) is 0 Å². The number of carbonyl (C=O) groups excluding carboxylic acids is 1. The van der Waals surface area contributed by atoms with Crippen LogP contribution in [0.25, 0.3) is 0 Å². The van der Waals surface area contributed by atoms with Crippen molar-refractivity contribution in [1.82, 2.24) is 10.2 Å². The van der Waals surface area contributed by atoms with Crippen LogP contribution in [0.15, 0.2) is 12.1 Å². The molecular weight excluding hydrogens is 261 g/mol. The van der Waals surface area contributed by atoms with E-state index in [1.165, 1.54) is 6.07 Å². The third kappa shape index (κ3) is 4.15. The number of anilines is 1. The largest absolute Gasteiger partial charge is 0.460 e. The highest BCUT2D eigenvalue weighted by Gasteiger charge is 2.27. The van der Waals surface area contributed by atoms with Crippen molar-refractivity contribution < 1.29 is 13.9 Å². The molecule has 2 heterocycles. The summed E-state index contributed by atoms with van der Waals surface area (Å²) in [5.74, 6) is 0.141. The molecule has 0 radical (unpaired) electrons. The fourth-order valence-electron chi connectivity index (χ4n) is 2.30. The molecule has 0 saturated carbocycles. The Morgan fingerprint density at radius 3 is 2.80 bits per heavy atom. The minimum Gasteiger partial charge on any atom is -0.460 e. The third-order valence-corrected chi connectivity index (χ3v) is 3.10. The first-order valence-electron chi connectivity index (χ1n) is 6.79. The van der Waals surface area contributed by atoms with Crippen molar-refractivity contribution in [2.45, 2.75) is 39.2 Å². The summed E-state index contributed by atoms with van der Waals surface area (Å²) in [7, 11) is 0. The van der Waals surface area contributed by atoms with Gasteiger partial charge in [-0.05, 0) is 45.2 Å². The lowest BCUT2D eigenvalue weighted by atomic mass is 10.1. The molecule has 0 aromatic carbocycles. The summed E-state index contributed by atoms with van der Waals surface area (Å²) < 4.78 is 18.0. The molecule has 20 heavy (non-hydrogen) atoms. The van der Waals surface area contributed by atoms with Gasteiger partial charge in [-0.3, -0.25) is 4.79 Å². The third-order valence-electron chi connectivity index (χ3n) is 3.10. The van der Waals surface area contributed by atoms with Crippen LogP contribution in [0.2, 0.25) is 0 Å². The van der Waals surface area contributed by atoms with E-state index in [2.05, 4.69) is 10.2 Å². The predicted octanol–water partition coefficient (Wildman–Crippen LogP) is 2.17. The molecule has 0 unspecified atom stereocenters. The Kier molecular flexibility index (Phi) is 4.20. The molecule has 1 aliphatic heterocycles. The van der Waals surface area contributed by atoms with E-state index in [1.807, 2.05) is 25.7 Å². The zero-order valence-corrected chi connectivity index (χ0v) is 12.1. The number of hydrogen-bond donors (Lipinski definition) is 0. The zero-order valence-electron chi connectivity index (χ0n) is 12.1. The second kappa shape index (κ2) is 5.73.